The topological polar surface area (TPSA) is 41.6 Å². The van der Waals surface area contributed by atoms with Crippen LogP contribution in [0.15, 0.2) is 55.0 Å². The van der Waals surface area contributed by atoms with Crippen molar-refractivity contribution in [3.05, 3.63) is 77.6 Å². The van der Waals surface area contributed by atoms with E-state index in [2.05, 4.69) is 28.6 Å². The maximum Gasteiger partial charge on any atom is 0.123 e. The third-order valence-corrected chi connectivity index (χ3v) is 5.84. The Kier molecular flexibility index (Phi) is 4.53. The third kappa shape index (κ3) is 2.94. The van der Waals surface area contributed by atoms with Gasteiger partial charge in [0.15, 0.2) is 0 Å². The molecule has 0 radical (unpaired) electrons. The molecule has 3 aromatic rings. The van der Waals surface area contributed by atoms with Gasteiger partial charge in [0.1, 0.15) is 5.82 Å². The standard InChI is InChI=1S/C23H22FN3/c1-2-23(12-4-3-5-20-15-26-16-27(20)23)22-11-6-17(14-25)13-21(22)18-7-9-19(24)10-8-18/h6-11,13,15-16H,2-5,12H2,1H3. The molecule has 1 aliphatic rings. The lowest BCUT2D eigenvalue weighted by atomic mass is 9.78. The van der Waals surface area contributed by atoms with Crippen molar-refractivity contribution in [2.24, 2.45) is 0 Å². The Labute approximate surface area is 159 Å². The Morgan fingerprint density at radius 2 is 2.00 bits per heavy atom. The zero-order chi connectivity index (χ0) is 18.9. The Balaban J connectivity index is 1.98. The first kappa shape index (κ1) is 17.5. The fourth-order valence-electron chi connectivity index (χ4n) is 4.43. The average Bonchev–Trinajstić information content (AvgIpc) is 3.11. The van der Waals surface area contributed by atoms with Gasteiger partial charge in [-0.05, 0) is 66.6 Å². The summed E-state index contributed by atoms with van der Waals surface area (Å²) in [4.78, 5) is 4.42. The second kappa shape index (κ2) is 7.00. The van der Waals surface area contributed by atoms with Crippen LogP contribution in [0.1, 0.15) is 49.4 Å². The summed E-state index contributed by atoms with van der Waals surface area (Å²) in [6, 6.07) is 14.7. The molecule has 4 heteroatoms. The number of benzene rings is 2. The molecule has 0 amide bonds. The molecule has 0 N–H and O–H groups in total. The van der Waals surface area contributed by atoms with E-state index in [-0.39, 0.29) is 11.4 Å². The van der Waals surface area contributed by atoms with E-state index in [9.17, 15) is 9.65 Å². The van der Waals surface area contributed by atoms with Gasteiger partial charge in [0.05, 0.1) is 23.5 Å². The SMILES string of the molecule is CCC1(c2ccc(C#N)cc2-c2ccc(F)cc2)CCCCc2cncn21. The van der Waals surface area contributed by atoms with Gasteiger partial charge in [-0.1, -0.05) is 31.5 Å². The maximum atomic E-state index is 13.5. The Bertz CT molecular complexity index is 997. The van der Waals surface area contributed by atoms with Gasteiger partial charge in [0.2, 0.25) is 0 Å². The van der Waals surface area contributed by atoms with Crippen LogP contribution in [-0.4, -0.2) is 9.55 Å². The van der Waals surface area contributed by atoms with E-state index in [1.807, 2.05) is 24.7 Å². The molecule has 0 saturated heterocycles. The normalized spacial score (nSPS) is 19.1. The zero-order valence-electron chi connectivity index (χ0n) is 15.5. The van der Waals surface area contributed by atoms with Gasteiger partial charge in [-0.2, -0.15) is 5.26 Å². The molecule has 1 unspecified atom stereocenters. The number of rotatable bonds is 3. The molecule has 4 rings (SSSR count). The minimum atomic E-state index is -0.256. The molecule has 0 saturated carbocycles. The van der Waals surface area contributed by atoms with Crippen molar-refractivity contribution in [3.8, 4) is 17.2 Å². The van der Waals surface area contributed by atoms with E-state index in [0.29, 0.717) is 5.56 Å². The summed E-state index contributed by atoms with van der Waals surface area (Å²) in [7, 11) is 0. The lowest BCUT2D eigenvalue weighted by Gasteiger charge is -2.37. The highest BCUT2D eigenvalue weighted by Gasteiger charge is 2.37. The number of hydrogen-bond donors (Lipinski definition) is 0. The number of fused-ring (bicyclic) bond motifs is 1. The zero-order valence-corrected chi connectivity index (χ0v) is 15.5. The minimum absolute atomic E-state index is 0.208. The molecule has 2 heterocycles. The third-order valence-electron chi connectivity index (χ3n) is 5.84. The van der Waals surface area contributed by atoms with Crippen LogP contribution in [0.5, 0.6) is 0 Å². The molecule has 1 aliphatic heterocycles. The predicted molar refractivity (Wildman–Crippen MR) is 104 cm³/mol. The van der Waals surface area contributed by atoms with Crippen LogP contribution in [0.3, 0.4) is 0 Å². The molecular weight excluding hydrogens is 337 g/mol. The number of imidazole rings is 1. The van der Waals surface area contributed by atoms with Crippen molar-refractivity contribution in [3.63, 3.8) is 0 Å². The summed E-state index contributed by atoms with van der Waals surface area (Å²) in [5, 5.41) is 9.42. The van der Waals surface area contributed by atoms with Crippen LogP contribution in [0.25, 0.3) is 11.1 Å². The molecule has 0 fully saturated rings. The van der Waals surface area contributed by atoms with Crippen molar-refractivity contribution in [2.75, 3.05) is 0 Å². The first-order chi connectivity index (χ1) is 13.2. The lowest BCUT2D eigenvalue weighted by Crippen LogP contribution is -2.34. The highest BCUT2D eigenvalue weighted by Crippen LogP contribution is 2.43. The number of hydrogen-bond acceptors (Lipinski definition) is 2. The van der Waals surface area contributed by atoms with Crippen LogP contribution in [0.2, 0.25) is 0 Å². The lowest BCUT2D eigenvalue weighted by molar-refractivity contribution is 0.314. The Hall–Kier alpha value is -2.93. The van der Waals surface area contributed by atoms with Gasteiger partial charge in [-0.3, -0.25) is 0 Å². The fourth-order valence-corrected chi connectivity index (χ4v) is 4.43. The summed E-state index contributed by atoms with van der Waals surface area (Å²) in [5.41, 5.74) is 4.77. The first-order valence-corrected chi connectivity index (χ1v) is 9.50. The molecule has 136 valence electrons. The van der Waals surface area contributed by atoms with Crippen LogP contribution >= 0.6 is 0 Å². The van der Waals surface area contributed by atoms with Gasteiger partial charge < -0.3 is 4.57 Å². The number of nitrogens with zero attached hydrogens (tertiary/aromatic N) is 3. The van der Waals surface area contributed by atoms with Gasteiger partial charge >= 0.3 is 0 Å². The second-order valence-electron chi connectivity index (χ2n) is 7.23. The van der Waals surface area contributed by atoms with E-state index in [1.165, 1.54) is 23.4 Å². The van der Waals surface area contributed by atoms with Gasteiger partial charge in [0, 0.05) is 11.9 Å². The number of aromatic nitrogens is 2. The van der Waals surface area contributed by atoms with Gasteiger partial charge in [-0.15, -0.1) is 0 Å². The number of aryl methyl sites for hydroxylation is 1. The van der Waals surface area contributed by atoms with Crippen molar-refractivity contribution in [1.82, 2.24) is 9.55 Å². The van der Waals surface area contributed by atoms with Crippen molar-refractivity contribution < 1.29 is 4.39 Å². The van der Waals surface area contributed by atoms with E-state index in [1.54, 1.807) is 12.1 Å². The molecule has 1 atom stereocenters. The second-order valence-corrected chi connectivity index (χ2v) is 7.23. The number of nitriles is 1. The molecule has 3 nitrogen and oxygen atoms in total. The van der Waals surface area contributed by atoms with Crippen LogP contribution in [0, 0.1) is 17.1 Å². The highest BCUT2D eigenvalue weighted by molar-refractivity contribution is 5.70. The van der Waals surface area contributed by atoms with Crippen molar-refractivity contribution in [1.29, 1.82) is 5.26 Å². The summed E-state index contributed by atoms with van der Waals surface area (Å²) < 4.78 is 15.8. The van der Waals surface area contributed by atoms with E-state index in [4.69, 9.17) is 0 Å². The van der Waals surface area contributed by atoms with E-state index < -0.39 is 0 Å². The van der Waals surface area contributed by atoms with Crippen LogP contribution in [-0.2, 0) is 12.0 Å². The Morgan fingerprint density at radius 3 is 2.74 bits per heavy atom. The molecule has 0 bridgehead atoms. The van der Waals surface area contributed by atoms with Crippen LogP contribution < -0.4 is 0 Å². The van der Waals surface area contributed by atoms with E-state index >= 15 is 0 Å². The molecule has 2 aromatic carbocycles. The molecule has 27 heavy (non-hydrogen) atoms. The molecular formula is C23H22FN3. The molecule has 1 aromatic heterocycles. The molecule has 0 spiro atoms. The van der Waals surface area contributed by atoms with E-state index in [0.717, 1.165) is 43.2 Å². The van der Waals surface area contributed by atoms with Crippen molar-refractivity contribution in [2.45, 2.75) is 44.6 Å². The summed E-state index contributed by atoms with van der Waals surface area (Å²) >= 11 is 0. The van der Waals surface area contributed by atoms with Gasteiger partial charge in [-0.25, -0.2) is 9.37 Å². The predicted octanol–water partition coefficient (Wildman–Crippen LogP) is 5.44. The summed E-state index contributed by atoms with van der Waals surface area (Å²) in [6.07, 6.45) is 9.18. The smallest absolute Gasteiger partial charge is 0.123 e. The quantitative estimate of drug-likeness (QED) is 0.625. The van der Waals surface area contributed by atoms with Gasteiger partial charge in [0.25, 0.3) is 0 Å². The minimum Gasteiger partial charge on any atom is -0.324 e. The van der Waals surface area contributed by atoms with Crippen LogP contribution in [0.4, 0.5) is 4.39 Å². The largest absolute Gasteiger partial charge is 0.324 e. The summed E-state index contributed by atoms with van der Waals surface area (Å²) in [5.74, 6) is -0.256. The van der Waals surface area contributed by atoms with Crippen molar-refractivity contribution >= 4 is 0 Å². The summed E-state index contributed by atoms with van der Waals surface area (Å²) in [6.45, 7) is 2.21. The molecule has 0 aliphatic carbocycles. The fraction of sp³-hybridized carbons (Fsp3) is 0.304. The Morgan fingerprint density at radius 1 is 1.19 bits per heavy atom. The first-order valence-electron chi connectivity index (χ1n) is 9.50. The maximum absolute atomic E-state index is 13.5. The number of halogens is 1. The average molecular weight is 359 g/mol. The monoisotopic (exact) mass is 359 g/mol. The highest BCUT2D eigenvalue weighted by atomic mass is 19.1.